The third-order valence-electron chi connectivity index (χ3n) is 2.45. The Balaban J connectivity index is 2.35. The van der Waals surface area contributed by atoms with Gasteiger partial charge in [-0.2, -0.15) is 4.98 Å². The van der Waals surface area contributed by atoms with Crippen molar-refractivity contribution in [2.24, 2.45) is 0 Å². The van der Waals surface area contributed by atoms with Gasteiger partial charge in [0, 0.05) is 25.2 Å². The molecular weight excluding hydrogens is 228 g/mol. The lowest BCUT2D eigenvalue weighted by Crippen LogP contribution is -2.10. The molecule has 1 aromatic carbocycles. The number of hydrogen-bond acceptors (Lipinski definition) is 5. The van der Waals surface area contributed by atoms with Crippen LogP contribution in [0.25, 0.3) is 11.3 Å². The number of aromatic nitrogens is 2. The summed E-state index contributed by atoms with van der Waals surface area (Å²) in [6, 6.07) is 11.8. The van der Waals surface area contributed by atoms with Crippen LogP contribution < -0.4 is 10.6 Å². The van der Waals surface area contributed by atoms with Gasteiger partial charge in [-0.15, -0.1) is 0 Å². The molecule has 94 valence electrons. The van der Waals surface area contributed by atoms with E-state index < -0.39 is 0 Å². The maximum absolute atomic E-state index is 8.81. The maximum atomic E-state index is 8.81. The van der Waals surface area contributed by atoms with E-state index in [4.69, 9.17) is 5.11 Å². The average Bonchev–Trinajstić information content (AvgIpc) is 2.45. The lowest BCUT2D eigenvalue weighted by atomic mass is 10.1. The minimum Gasteiger partial charge on any atom is -0.395 e. The van der Waals surface area contributed by atoms with Gasteiger partial charge in [-0.1, -0.05) is 30.3 Å². The Morgan fingerprint density at radius 3 is 2.61 bits per heavy atom. The van der Waals surface area contributed by atoms with Crippen LogP contribution in [-0.4, -0.2) is 35.3 Å². The topological polar surface area (TPSA) is 70.1 Å². The van der Waals surface area contributed by atoms with Gasteiger partial charge in [0.25, 0.3) is 0 Å². The lowest BCUT2D eigenvalue weighted by molar-refractivity contribution is 0.311. The molecule has 0 spiro atoms. The highest BCUT2D eigenvalue weighted by Crippen LogP contribution is 2.20. The molecule has 0 saturated heterocycles. The van der Waals surface area contributed by atoms with E-state index in [1.165, 1.54) is 0 Å². The third kappa shape index (κ3) is 2.95. The van der Waals surface area contributed by atoms with Crippen molar-refractivity contribution < 1.29 is 5.11 Å². The second-order valence-corrected chi connectivity index (χ2v) is 3.73. The third-order valence-corrected chi connectivity index (χ3v) is 2.45. The zero-order valence-electron chi connectivity index (χ0n) is 10.2. The van der Waals surface area contributed by atoms with Crippen molar-refractivity contribution in [3.63, 3.8) is 0 Å². The zero-order valence-corrected chi connectivity index (χ0v) is 10.2. The van der Waals surface area contributed by atoms with Crippen molar-refractivity contribution >= 4 is 11.8 Å². The Labute approximate surface area is 106 Å². The van der Waals surface area contributed by atoms with E-state index in [-0.39, 0.29) is 6.61 Å². The first-order chi connectivity index (χ1) is 8.83. The van der Waals surface area contributed by atoms with Gasteiger partial charge in [0.05, 0.1) is 12.3 Å². The number of nitrogens with zero attached hydrogens (tertiary/aromatic N) is 2. The summed E-state index contributed by atoms with van der Waals surface area (Å²) in [5.41, 5.74) is 1.87. The van der Waals surface area contributed by atoms with Crippen LogP contribution in [0.15, 0.2) is 36.4 Å². The summed E-state index contributed by atoms with van der Waals surface area (Å²) in [6.07, 6.45) is 0. The molecule has 1 heterocycles. The largest absolute Gasteiger partial charge is 0.395 e. The SMILES string of the molecule is CNc1cc(-c2ccccc2)nc(NCCO)n1. The summed E-state index contributed by atoms with van der Waals surface area (Å²) in [4.78, 5) is 8.69. The zero-order chi connectivity index (χ0) is 12.8. The monoisotopic (exact) mass is 244 g/mol. The van der Waals surface area contributed by atoms with Gasteiger partial charge in [-0.25, -0.2) is 4.98 Å². The van der Waals surface area contributed by atoms with Crippen molar-refractivity contribution in [1.29, 1.82) is 0 Å². The molecule has 0 radical (unpaired) electrons. The molecule has 1 aromatic heterocycles. The predicted octanol–water partition coefficient (Wildman–Crippen LogP) is 1.59. The first kappa shape index (κ1) is 12.3. The van der Waals surface area contributed by atoms with Crippen LogP contribution in [0.1, 0.15) is 0 Å². The Morgan fingerprint density at radius 2 is 1.94 bits per heavy atom. The van der Waals surface area contributed by atoms with E-state index in [1.54, 1.807) is 0 Å². The standard InChI is InChI=1S/C13H16N4O/c1-14-12-9-11(10-5-3-2-4-6-10)16-13(17-12)15-7-8-18/h2-6,9,18H,7-8H2,1H3,(H2,14,15,16,17). The average molecular weight is 244 g/mol. The minimum atomic E-state index is 0.0494. The molecular formula is C13H16N4O. The van der Waals surface area contributed by atoms with Gasteiger partial charge in [-0.05, 0) is 0 Å². The van der Waals surface area contributed by atoms with E-state index in [9.17, 15) is 0 Å². The fraction of sp³-hybridized carbons (Fsp3) is 0.231. The normalized spacial score (nSPS) is 10.1. The highest BCUT2D eigenvalue weighted by atomic mass is 16.3. The van der Waals surface area contributed by atoms with Crippen LogP contribution >= 0.6 is 0 Å². The van der Waals surface area contributed by atoms with Crippen LogP contribution in [0, 0.1) is 0 Å². The van der Waals surface area contributed by atoms with E-state index in [1.807, 2.05) is 43.4 Å². The van der Waals surface area contributed by atoms with Crippen LogP contribution in [0.5, 0.6) is 0 Å². The van der Waals surface area contributed by atoms with E-state index in [0.717, 1.165) is 17.1 Å². The number of rotatable bonds is 5. The summed E-state index contributed by atoms with van der Waals surface area (Å²) in [6.45, 7) is 0.481. The molecule has 0 atom stereocenters. The molecule has 18 heavy (non-hydrogen) atoms. The van der Waals surface area contributed by atoms with Crippen LogP contribution in [0.2, 0.25) is 0 Å². The summed E-state index contributed by atoms with van der Waals surface area (Å²) < 4.78 is 0. The van der Waals surface area contributed by atoms with Gasteiger partial charge in [0.2, 0.25) is 5.95 Å². The highest BCUT2D eigenvalue weighted by Gasteiger charge is 2.05. The molecule has 0 aliphatic carbocycles. The molecule has 3 N–H and O–H groups in total. The number of nitrogens with one attached hydrogen (secondary N) is 2. The molecule has 0 aliphatic rings. The molecule has 2 aromatic rings. The number of anilines is 2. The predicted molar refractivity (Wildman–Crippen MR) is 72.6 cm³/mol. The molecule has 0 unspecified atom stereocenters. The molecule has 0 bridgehead atoms. The Morgan fingerprint density at radius 1 is 1.17 bits per heavy atom. The molecule has 0 amide bonds. The Bertz CT molecular complexity index is 502. The van der Waals surface area contributed by atoms with Crippen LogP contribution in [0.3, 0.4) is 0 Å². The second kappa shape index (κ2) is 5.97. The first-order valence-corrected chi connectivity index (χ1v) is 5.80. The Hall–Kier alpha value is -2.14. The minimum absolute atomic E-state index is 0.0494. The number of benzene rings is 1. The quantitative estimate of drug-likeness (QED) is 0.745. The van der Waals surface area contributed by atoms with Crippen molar-refractivity contribution in [1.82, 2.24) is 9.97 Å². The summed E-state index contributed by atoms with van der Waals surface area (Å²) in [5, 5.41) is 14.8. The molecule has 2 rings (SSSR count). The molecule has 0 fully saturated rings. The van der Waals surface area contributed by atoms with Gasteiger partial charge in [-0.3, -0.25) is 0 Å². The number of aliphatic hydroxyl groups is 1. The summed E-state index contributed by atoms with van der Waals surface area (Å²) in [5.74, 6) is 1.25. The van der Waals surface area contributed by atoms with Gasteiger partial charge < -0.3 is 15.7 Å². The molecule has 5 heteroatoms. The van der Waals surface area contributed by atoms with Crippen molar-refractivity contribution in [2.45, 2.75) is 0 Å². The Kier molecular flexibility index (Phi) is 4.09. The van der Waals surface area contributed by atoms with E-state index in [2.05, 4.69) is 20.6 Å². The molecule has 0 aliphatic heterocycles. The maximum Gasteiger partial charge on any atom is 0.225 e. The van der Waals surface area contributed by atoms with Crippen molar-refractivity contribution in [3.05, 3.63) is 36.4 Å². The summed E-state index contributed by atoms with van der Waals surface area (Å²) in [7, 11) is 1.81. The smallest absolute Gasteiger partial charge is 0.225 e. The second-order valence-electron chi connectivity index (χ2n) is 3.73. The van der Waals surface area contributed by atoms with E-state index in [0.29, 0.717) is 12.5 Å². The fourth-order valence-corrected chi connectivity index (χ4v) is 1.58. The van der Waals surface area contributed by atoms with Gasteiger partial charge in [0.1, 0.15) is 5.82 Å². The fourth-order valence-electron chi connectivity index (χ4n) is 1.58. The van der Waals surface area contributed by atoms with Gasteiger partial charge in [0.15, 0.2) is 0 Å². The first-order valence-electron chi connectivity index (χ1n) is 5.80. The van der Waals surface area contributed by atoms with Crippen LogP contribution in [-0.2, 0) is 0 Å². The highest BCUT2D eigenvalue weighted by molar-refractivity contribution is 5.64. The number of aliphatic hydroxyl groups excluding tert-OH is 1. The number of hydrogen-bond donors (Lipinski definition) is 3. The van der Waals surface area contributed by atoms with Gasteiger partial charge >= 0.3 is 0 Å². The van der Waals surface area contributed by atoms with Crippen molar-refractivity contribution in [2.75, 3.05) is 30.8 Å². The summed E-state index contributed by atoms with van der Waals surface area (Å²) >= 11 is 0. The molecule has 5 nitrogen and oxygen atoms in total. The van der Waals surface area contributed by atoms with E-state index >= 15 is 0 Å². The lowest BCUT2D eigenvalue weighted by Gasteiger charge is -2.08. The molecule has 0 saturated carbocycles. The van der Waals surface area contributed by atoms with Crippen molar-refractivity contribution in [3.8, 4) is 11.3 Å². The van der Waals surface area contributed by atoms with Crippen LogP contribution in [0.4, 0.5) is 11.8 Å².